The average molecular weight is 665 g/mol. The van der Waals surface area contributed by atoms with Crippen molar-refractivity contribution in [3.63, 3.8) is 0 Å². The molecule has 0 aliphatic heterocycles. The van der Waals surface area contributed by atoms with Crippen molar-refractivity contribution >= 4 is 50.6 Å². The predicted octanol–water partition coefficient (Wildman–Crippen LogP) is 3.42. The third-order valence-corrected chi connectivity index (χ3v) is 7.60. The van der Waals surface area contributed by atoms with Gasteiger partial charge in [-0.25, -0.2) is 18.6 Å². The van der Waals surface area contributed by atoms with E-state index in [9.17, 15) is 18.0 Å². The van der Waals surface area contributed by atoms with E-state index in [2.05, 4.69) is 15.2 Å². The lowest BCUT2D eigenvalue weighted by molar-refractivity contribution is -0.121. The molecule has 0 spiro atoms. The monoisotopic (exact) mass is 664 g/mol. The number of nitrogens with zero attached hydrogens (tertiary/aromatic N) is 1. The quantitative estimate of drug-likeness (QED) is 0.145. The van der Waals surface area contributed by atoms with E-state index in [1.165, 1.54) is 18.3 Å². The third kappa shape index (κ3) is 9.04. The Hall–Kier alpha value is -3.49. The van der Waals surface area contributed by atoms with Crippen molar-refractivity contribution in [2.45, 2.75) is 31.2 Å². The van der Waals surface area contributed by atoms with Gasteiger partial charge in [0.2, 0.25) is 15.9 Å². The van der Waals surface area contributed by atoms with E-state index in [-0.39, 0.29) is 17.9 Å². The molecule has 3 aromatic rings. The Bertz CT molecular complexity index is 1430. The van der Waals surface area contributed by atoms with E-state index < -0.39 is 27.9 Å². The second-order valence-electron chi connectivity index (χ2n) is 8.41. The summed E-state index contributed by atoms with van der Waals surface area (Å²) >= 11 is 2.03. The van der Waals surface area contributed by atoms with Crippen molar-refractivity contribution in [1.82, 2.24) is 10.1 Å². The normalized spacial score (nSPS) is 12.2. The Labute approximate surface area is 241 Å². The maximum absolute atomic E-state index is 13.0. The second kappa shape index (κ2) is 14.1. The Morgan fingerprint density at radius 3 is 2.41 bits per heavy atom. The summed E-state index contributed by atoms with van der Waals surface area (Å²) in [7, 11) is -3.89. The Morgan fingerprint density at radius 2 is 1.77 bits per heavy atom. The number of sulfonamides is 1. The van der Waals surface area contributed by atoms with Crippen LogP contribution in [0.4, 0.5) is 0 Å². The van der Waals surface area contributed by atoms with Gasteiger partial charge in [0.15, 0.2) is 18.1 Å². The molecule has 0 aromatic heterocycles. The lowest BCUT2D eigenvalue weighted by Crippen LogP contribution is -2.32. The molecular formula is C27H29IN4O6S. The molecule has 0 fully saturated rings. The van der Waals surface area contributed by atoms with Crippen molar-refractivity contribution in [2.24, 2.45) is 10.8 Å². The number of ether oxygens (including phenoxy) is 2. The van der Waals surface area contributed by atoms with E-state index in [0.717, 1.165) is 5.56 Å². The fourth-order valence-corrected chi connectivity index (χ4v) is 5.51. The predicted molar refractivity (Wildman–Crippen MR) is 156 cm³/mol. The van der Waals surface area contributed by atoms with Crippen molar-refractivity contribution in [1.29, 1.82) is 0 Å². The first-order valence-corrected chi connectivity index (χ1v) is 14.5. The summed E-state index contributed by atoms with van der Waals surface area (Å²) in [6.07, 6.45) is 1.24. The van der Waals surface area contributed by atoms with Gasteiger partial charge < -0.3 is 15.2 Å². The summed E-state index contributed by atoms with van der Waals surface area (Å²) in [5.74, 6) is -0.332. The molecule has 39 heavy (non-hydrogen) atoms. The molecule has 0 saturated heterocycles. The lowest BCUT2D eigenvalue weighted by Gasteiger charge is -2.18. The highest BCUT2D eigenvalue weighted by Gasteiger charge is 2.23. The molecule has 0 saturated carbocycles. The highest BCUT2D eigenvalue weighted by molar-refractivity contribution is 14.1. The van der Waals surface area contributed by atoms with Crippen molar-refractivity contribution in [2.75, 3.05) is 13.2 Å². The highest BCUT2D eigenvalue weighted by atomic mass is 127. The standard InChI is InChI=1S/C27H29IN4O6S/c1-3-37-24-14-19(13-22(28)27(24)38-17-25(29)33)16-30-31-26(34)15-23(20-7-5-4-6-8-20)32-39(35,36)21-11-9-18(2)10-12-21/h4-14,16,23,32H,3,15,17H2,1-2H3,(H2,29,33)(H,31,34)/b30-16-/t23-/m0/s1. The highest BCUT2D eigenvalue weighted by Crippen LogP contribution is 2.34. The third-order valence-electron chi connectivity index (χ3n) is 5.31. The minimum absolute atomic E-state index is 0.107. The van der Waals surface area contributed by atoms with E-state index >= 15 is 0 Å². The SMILES string of the molecule is CCOc1cc(/C=N\NC(=O)C[C@H](NS(=O)(=O)c2ccc(C)cc2)c2ccccc2)cc(I)c1OCC(N)=O. The second-order valence-corrected chi connectivity index (χ2v) is 11.3. The molecule has 4 N–H and O–H groups in total. The molecule has 3 rings (SSSR count). The number of aryl methyl sites for hydroxylation is 1. The molecule has 10 nitrogen and oxygen atoms in total. The number of primary amides is 1. The molecule has 0 heterocycles. The smallest absolute Gasteiger partial charge is 0.255 e. The number of hydrogen-bond donors (Lipinski definition) is 3. The molecule has 206 valence electrons. The van der Waals surface area contributed by atoms with Crippen molar-refractivity contribution < 1.29 is 27.5 Å². The van der Waals surface area contributed by atoms with Gasteiger partial charge in [-0.1, -0.05) is 48.0 Å². The number of rotatable bonds is 13. The summed E-state index contributed by atoms with van der Waals surface area (Å²) in [6, 6.07) is 17.9. The number of amides is 2. The number of nitrogens with one attached hydrogen (secondary N) is 2. The zero-order valence-electron chi connectivity index (χ0n) is 21.4. The maximum Gasteiger partial charge on any atom is 0.255 e. The van der Waals surface area contributed by atoms with Crippen LogP contribution in [0.2, 0.25) is 0 Å². The van der Waals surface area contributed by atoms with Crippen LogP contribution in [0.15, 0.2) is 76.7 Å². The molecule has 0 aliphatic rings. The fraction of sp³-hybridized carbons (Fsp3) is 0.222. The molecule has 0 bridgehead atoms. The molecule has 1 atom stereocenters. The minimum Gasteiger partial charge on any atom is -0.490 e. The largest absolute Gasteiger partial charge is 0.490 e. The molecule has 3 aromatic carbocycles. The number of hydrazone groups is 1. The number of nitrogens with two attached hydrogens (primary N) is 1. The Kier molecular flexibility index (Phi) is 10.8. The van der Waals surface area contributed by atoms with Gasteiger partial charge in [0.05, 0.1) is 27.3 Å². The van der Waals surface area contributed by atoms with Crippen LogP contribution in [0, 0.1) is 10.5 Å². The number of carbonyl (C=O) groups is 2. The van der Waals surface area contributed by atoms with Crippen LogP contribution < -0.4 is 25.4 Å². The van der Waals surface area contributed by atoms with Crippen LogP contribution in [-0.4, -0.2) is 39.7 Å². The Balaban J connectivity index is 1.74. The maximum atomic E-state index is 13.0. The van der Waals surface area contributed by atoms with Crippen LogP contribution in [0.1, 0.15) is 36.1 Å². The van der Waals surface area contributed by atoms with Gasteiger partial charge in [-0.2, -0.15) is 5.10 Å². The summed E-state index contributed by atoms with van der Waals surface area (Å²) in [5, 5.41) is 4.02. The van der Waals surface area contributed by atoms with Gasteiger partial charge in [0.1, 0.15) is 0 Å². The molecule has 12 heteroatoms. The first kappa shape index (κ1) is 30.1. The van der Waals surface area contributed by atoms with E-state index in [0.29, 0.717) is 32.8 Å². The summed E-state index contributed by atoms with van der Waals surface area (Å²) in [4.78, 5) is 24.0. The van der Waals surface area contributed by atoms with Gasteiger partial charge in [-0.3, -0.25) is 9.59 Å². The van der Waals surface area contributed by atoms with Crippen LogP contribution in [0.5, 0.6) is 11.5 Å². The van der Waals surface area contributed by atoms with Crippen LogP contribution in [0.25, 0.3) is 0 Å². The van der Waals surface area contributed by atoms with Gasteiger partial charge in [-0.15, -0.1) is 0 Å². The van der Waals surface area contributed by atoms with Crippen LogP contribution in [0.3, 0.4) is 0 Å². The first-order chi connectivity index (χ1) is 18.6. The molecular weight excluding hydrogens is 635 g/mol. The summed E-state index contributed by atoms with van der Waals surface area (Å²) in [5.41, 5.74) is 9.79. The zero-order valence-corrected chi connectivity index (χ0v) is 24.4. The van der Waals surface area contributed by atoms with Crippen LogP contribution >= 0.6 is 22.6 Å². The summed E-state index contributed by atoms with van der Waals surface area (Å²) < 4.78 is 40.4. The zero-order chi connectivity index (χ0) is 28.4. The number of carbonyl (C=O) groups excluding carboxylic acids is 2. The minimum atomic E-state index is -3.89. The topological polar surface area (TPSA) is 149 Å². The van der Waals surface area contributed by atoms with Gasteiger partial charge in [0.25, 0.3) is 5.91 Å². The fourth-order valence-electron chi connectivity index (χ4n) is 3.50. The number of hydrogen-bond acceptors (Lipinski definition) is 7. The molecule has 0 radical (unpaired) electrons. The Morgan fingerprint density at radius 1 is 1.08 bits per heavy atom. The molecule has 0 unspecified atom stereocenters. The van der Waals surface area contributed by atoms with Gasteiger partial charge in [0, 0.05) is 6.42 Å². The van der Waals surface area contributed by atoms with Crippen LogP contribution in [-0.2, 0) is 19.6 Å². The molecule has 2 amide bonds. The first-order valence-electron chi connectivity index (χ1n) is 11.9. The van der Waals surface area contributed by atoms with Gasteiger partial charge in [-0.05, 0) is 71.8 Å². The average Bonchev–Trinajstić information content (AvgIpc) is 2.88. The van der Waals surface area contributed by atoms with E-state index in [1.54, 1.807) is 48.5 Å². The van der Waals surface area contributed by atoms with E-state index in [1.807, 2.05) is 42.5 Å². The summed E-state index contributed by atoms with van der Waals surface area (Å²) in [6.45, 7) is 3.74. The van der Waals surface area contributed by atoms with Crippen molar-refractivity contribution in [3.8, 4) is 11.5 Å². The molecule has 0 aliphatic carbocycles. The number of benzene rings is 3. The van der Waals surface area contributed by atoms with E-state index in [4.69, 9.17) is 15.2 Å². The lowest BCUT2D eigenvalue weighted by atomic mass is 10.0. The van der Waals surface area contributed by atoms with Crippen molar-refractivity contribution in [3.05, 3.63) is 87.0 Å². The van der Waals surface area contributed by atoms with Gasteiger partial charge >= 0.3 is 0 Å². The number of halogens is 1.